The lowest BCUT2D eigenvalue weighted by Crippen LogP contribution is -2.46. The minimum atomic E-state index is -0.0927. The molecule has 2 amide bonds. The van der Waals surface area contributed by atoms with Crippen LogP contribution >= 0.6 is 0 Å². The monoisotopic (exact) mass is 373 g/mol. The van der Waals surface area contributed by atoms with Gasteiger partial charge in [-0.15, -0.1) is 0 Å². The molecule has 2 aromatic carbocycles. The third-order valence-electron chi connectivity index (χ3n) is 5.02. The molecule has 6 heteroatoms. The first-order chi connectivity index (χ1) is 13.4. The predicted molar refractivity (Wildman–Crippen MR) is 112 cm³/mol. The van der Waals surface area contributed by atoms with E-state index in [0.717, 1.165) is 28.1 Å². The molecule has 0 fully saturated rings. The van der Waals surface area contributed by atoms with Gasteiger partial charge in [0.15, 0.2) is 0 Å². The van der Waals surface area contributed by atoms with E-state index < -0.39 is 0 Å². The van der Waals surface area contributed by atoms with Crippen LogP contribution in [0, 0.1) is 20.8 Å². The summed E-state index contributed by atoms with van der Waals surface area (Å²) in [6.45, 7) is 6.54. The van der Waals surface area contributed by atoms with Crippen molar-refractivity contribution in [2.24, 2.45) is 0 Å². The third kappa shape index (κ3) is 3.17. The quantitative estimate of drug-likeness (QED) is 0.721. The molecule has 2 heterocycles. The number of aromatic nitrogens is 2. The second-order valence-corrected chi connectivity index (χ2v) is 7.20. The van der Waals surface area contributed by atoms with Crippen LogP contribution < -0.4 is 15.1 Å². The van der Waals surface area contributed by atoms with E-state index in [0.29, 0.717) is 18.3 Å². The molecule has 1 aromatic heterocycles. The number of carbonyl (C=O) groups excluding carboxylic acids is 1. The highest BCUT2D eigenvalue weighted by atomic mass is 16.2. The average molecular weight is 373 g/mol. The Hall–Kier alpha value is -3.41. The van der Waals surface area contributed by atoms with Gasteiger partial charge in [0.1, 0.15) is 5.82 Å². The van der Waals surface area contributed by atoms with E-state index in [-0.39, 0.29) is 6.03 Å². The summed E-state index contributed by atoms with van der Waals surface area (Å²) in [5.41, 5.74) is 6.11. The molecule has 6 nitrogen and oxygen atoms in total. The number of rotatable bonds is 3. The van der Waals surface area contributed by atoms with Crippen LogP contribution in [0.15, 0.2) is 48.7 Å². The van der Waals surface area contributed by atoms with E-state index in [1.807, 2.05) is 63.2 Å². The Labute approximate surface area is 164 Å². The van der Waals surface area contributed by atoms with E-state index in [1.165, 1.54) is 5.56 Å². The summed E-state index contributed by atoms with van der Waals surface area (Å²) in [7, 11) is 1.75. The third-order valence-corrected chi connectivity index (χ3v) is 5.02. The number of carbonyl (C=O) groups is 1. The second-order valence-electron chi connectivity index (χ2n) is 7.20. The summed E-state index contributed by atoms with van der Waals surface area (Å²) in [5.74, 6) is 1.11. The maximum atomic E-state index is 13.1. The first-order valence-electron chi connectivity index (χ1n) is 9.25. The van der Waals surface area contributed by atoms with Gasteiger partial charge in [0, 0.05) is 24.5 Å². The Morgan fingerprint density at radius 3 is 2.36 bits per heavy atom. The molecule has 0 radical (unpaired) electrons. The zero-order valence-electron chi connectivity index (χ0n) is 16.5. The smallest absolute Gasteiger partial charge is 0.324 e. The lowest BCUT2D eigenvalue weighted by Gasteiger charge is -2.35. The van der Waals surface area contributed by atoms with Crippen molar-refractivity contribution in [2.45, 2.75) is 27.3 Å². The minimum Gasteiger partial charge on any atom is -0.324 e. The largest absolute Gasteiger partial charge is 0.330 e. The van der Waals surface area contributed by atoms with Crippen LogP contribution in [0.3, 0.4) is 0 Å². The minimum absolute atomic E-state index is 0.0927. The highest BCUT2D eigenvalue weighted by molar-refractivity contribution is 6.05. The Kier molecular flexibility index (Phi) is 4.47. The number of para-hydroxylation sites is 1. The van der Waals surface area contributed by atoms with Crippen molar-refractivity contribution in [1.29, 1.82) is 0 Å². The van der Waals surface area contributed by atoms with Crippen LogP contribution in [0.25, 0.3) is 0 Å². The summed E-state index contributed by atoms with van der Waals surface area (Å²) >= 11 is 0. The van der Waals surface area contributed by atoms with Crippen molar-refractivity contribution in [3.63, 3.8) is 0 Å². The van der Waals surface area contributed by atoms with Crippen LogP contribution in [0.4, 0.5) is 27.9 Å². The fourth-order valence-corrected chi connectivity index (χ4v) is 3.54. The summed E-state index contributed by atoms with van der Waals surface area (Å²) in [4.78, 5) is 25.5. The number of benzene rings is 2. The van der Waals surface area contributed by atoms with Crippen LogP contribution in [0.5, 0.6) is 0 Å². The Morgan fingerprint density at radius 1 is 1.00 bits per heavy atom. The van der Waals surface area contributed by atoms with Gasteiger partial charge >= 0.3 is 6.03 Å². The van der Waals surface area contributed by atoms with Gasteiger partial charge in [0.25, 0.3) is 0 Å². The van der Waals surface area contributed by atoms with E-state index in [4.69, 9.17) is 0 Å². The number of nitrogens with one attached hydrogen (secondary N) is 1. The number of anilines is 4. The fraction of sp³-hybridized carbons (Fsp3) is 0.227. The van der Waals surface area contributed by atoms with Crippen molar-refractivity contribution < 1.29 is 4.79 Å². The molecule has 0 saturated carbocycles. The number of urea groups is 1. The molecular weight excluding hydrogens is 350 g/mol. The van der Waals surface area contributed by atoms with Gasteiger partial charge in [-0.2, -0.15) is 4.98 Å². The van der Waals surface area contributed by atoms with Gasteiger partial charge in [-0.05, 0) is 44.0 Å². The molecule has 0 bridgehead atoms. The predicted octanol–water partition coefficient (Wildman–Crippen LogP) is 4.72. The van der Waals surface area contributed by atoms with Gasteiger partial charge in [-0.1, -0.05) is 35.9 Å². The molecule has 142 valence electrons. The lowest BCUT2D eigenvalue weighted by atomic mass is 10.1. The zero-order valence-corrected chi connectivity index (χ0v) is 16.5. The normalized spacial score (nSPS) is 13.5. The summed E-state index contributed by atoms with van der Waals surface area (Å²) in [6.07, 6.45) is 1.79. The van der Waals surface area contributed by atoms with Gasteiger partial charge in [0.2, 0.25) is 5.95 Å². The SMILES string of the molecule is Cc1ccc(Nc2ncc3c(n2)N(C)C(=O)N(c2c(C)cccc2C)C3)cc1. The van der Waals surface area contributed by atoms with Crippen LogP contribution in [0.2, 0.25) is 0 Å². The molecule has 28 heavy (non-hydrogen) atoms. The molecule has 1 aliphatic rings. The van der Waals surface area contributed by atoms with Crippen molar-refractivity contribution in [3.8, 4) is 0 Å². The maximum absolute atomic E-state index is 13.1. The molecule has 0 atom stereocenters. The summed E-state index contributed by atoms with van der Waals surface area (Å²) in [5, 5.41) is 3.20. The molecule has 4 rings (SSSR count). The Balaban J connectivity index is 1.66. The number of amides is 2. The maximum Gasteiger partial charge on any atom is 0.330 e. The molecule has 0 spiro atoms. The van der Waals surface area contributed by atoms with E-state index >= 15 is 0 Å². The first kappa shape index (κ1) is 18.0. The van der Waals surface area contributed by atoms with E-state index in [2.05, 4.69) is 15.3 Å². The molecular formula is C22H23N5O. The van der Waals surface area contributed by atoms with Gasteiger partial charge in [-0.25, -0.2) is 9.78 Å². The highest BCUT2D eigenvalue weighted by Gasteiger charge is 2.32. The number of hydrogen-bond donors (Lipinski definition) is 1. The molecule has 1 N–H and O–H groups in total. The van der Waals surface area contributed by atoms with E-state index in [1.54, 1.807) is 23.0 Å². The Bertz CT molecular complexity index is 1030. The van der Waals surface area contributed by atoms with Crippen LogP contribution in [-0.2, 0) is 6.54 Å². The van der Waals surface area contributed by atoms with Gasteiger partial charge in [-0.3, -0.25) is 9.80 Å². The van der Waals surface area contributed by atoms with Crippen LogP contribution in [0.1, 0.15) is 22.3 Å². The molecule has 0 unspecified atom stereocenters. The van der Waals surface area contributed by atoms with Gasteiger partial charge in [0.05, 0.1) is 12.2 Å². The van der Waals surface area contributed by atoms with Gasteiger partial charge < -0.3 is 5.32 Å². The summed E-state index contributed by atoms with van der Waals surface area (Å²) in [6, 6.07) is 14.0. The molecule has 1 aliphatic heterocycles. The second kappa shape index (κ2) is 6.96. The standard InChI is InChI=1S/C22H23N5O/c1-14-8-10-18(11-9-14)24-21-23-12-17-13-27(22(28)26(4)20(17)25-21)19-15(2)6-5-7-16(19)3/h5-12H,13H2,1-4H3,(H,23,24,25). The number of aryl methyl sites for hydroxylation is 3. The van der Waals surface area contributed by atoms with E-state index in [9.17, 15) is 4.79 Å². The van der Waals surface area contributed by atoms with Crippen LogP contribution in [-0.4, -0.2) is 23.0 Å². The number of fused-ring (bicyclic) bond motifs is 1. The molecule has 0 aliphatic carbocycles. The van der Waals surface area contributed by atoms with Crippen molar-refractivity contribution in [2.75, 3.05) is 22.2 Å². The van der Waals surface area contributed by atoms with Crippen molar-refractivity contribution >= 4 is 29.2 Å². The first-order valence-corrected chi connectivity index (χ1v) is 9.25. The van der Waals surface area contributed by atoms with Crippen molar-refractivity contribution in [1.82, 2.24) is 9.97 Å². The molecule has 3 aromatic rings. The lowest BCUT2D eigenvalue weighted by molar-refractivity contribution is 0.251. The zero-order chi connectivity index (χ0) is 19.8. The average Bonchev–Trinajstić information content (AvgIpc) is 2.68. The van der Waals surface area contributed by atoms with Crippen molar-refractivity contribution in [3.05, 3.63) is 70.9 Å². The fourth-order valence-electron chi connectivity index (χ4n) is 3.54. The number of nitrogens with zero attached hydrogens (tertiary/aromatic N) is 4. The topological polar surface area (TPSA) is 61.4 Å². The Morgan fingerprint density at radius 2 is 1.68 bits per heavy atom. The molecule has 0 saturated heterocycles. The summed E-state index contributed by atoms with van der Waals surface area (Å²) < 4.78 is 0. The highest BCUT2D eigenvalue weighted by Crippen LogP contribution is 2.33. The number of hydrogen-bond acceptors (Lipinski definition) is 4.